The summed E-state index contributed by atoms with van der Waals surface area (Å²) in [6.45, 7) is 3.94. The van der Waals surface area contributed by atoms with Gasteiger partial charge in [-0.15, -0.1) is 11.3 Å². The van der Waals surface area contributed by atoms with Crippen molar-refractivity contribution in [3.63, 3.8) is 0 Å². The second-order valence-electron chi connectivity index (χ2n) is 5.28. The van der Waals surface area contributed by atoms with Gasteiger partial charge in [0.25, 0.3) is 0 Å². The number of aliphatic hydroxyl groups excluding tert-OH is 1. The summed E-state index contributed by atoms with van der Waals surface area (Å²) in [5.74, 6) is 0.118. The Morgan fingerprint density at radius 2 is 2.18 bits per heavy atom. The van der Waals surface area contributed by atoms with E-state index in [2.05, 4.69) is 9.88 Å². The third kappa shape index (κ3) is 3.55. The first kappa shape index (κ1) is 15.2. The minimum Gasteiger partial charge on any atom is -0.472 e. The molecule has 7 heteroatoms. The molecule has 1 N–H and O–H groups in total. The lowest BCUT2D eigenvalue weighted by Crippen LogP contribution is -2.49. The van der Waals surface area contributed by atoms with Gasteiger partial charge < -0.3 is 14.4 Å². The van der Waals surface area contributed by atoms with Crippen LogP contribution in [-0.4, -0.2) is 65.1 Å². The van der Waals surface area contributed by atoms with Gasteiger partial charge in [0.05, 0.1) is 25.0 Å². The molecule has 3 heterocycles. The maximum atomic E-state index is 12.3. The Morgan fingerprint density at radius 1 is 1.36 bits per heavy atom. The number of piperazine rings is 1. The zero-order valence-corrected chi connectivity index (χ0v) is 13.1. The summed E-state index contributed by atoms with van der Waals surface area (Å²) in [5.41, 5.74) is 1.75. The van der Waals surface area contributed by atoms with Crippen LogP contribution in [0.5, 0.6) is 0 Å². The topological polar surface area (TPSA) is 69.8 Å². The normalized spacial score (nSPS) is 16.1. The summed E-state index contributed by atoms with van der Waals surface area (Å²) in [6, 6.07) is 1.87. The van der Waals surface area contributed by atoms with Gasteiger partial charge in [-0.3, -0.25) is 9.69 Å². The van der Waals surface area contributed by atoms with E-state index >= 15 is 0 Å². The highest BCUT2D eigenvalue weighted by Crippen LogP contribution is 2.24. The van der Waals surface area contributed by atoms with E-state index < -0.39 is 0 Å². The Kier molecular flexibility index (Phi) is 4.87. The van der Waals surface area contributed by atoms with Gasteiger partial charge in [0.2, 0.25) is 5.91 Å². The summed E-state index contributed by atoms with van der Waals surface area (Å²) in [5, 5.41) is 11.7. The Hall–Kier alpha value is -1.70. The number of nitrogens with zero attached hydrogens (tertiary/aromatic N) is 3. The van der Waals surface area contributed by atoms with E-state index in [1.54, 1.807) is 12.5 Å². The van der Waals surface area contributed by atoms with Crippen LogP contribution in [0.3, 0.4) is 0 Å². The number of carbonyl (C=O) groups excluding carboxylic acids is 1. The number of thiazole rings is 1. The van der Waals surface area contributed by atoms with Crippen LogP contribution in [0.4, 0.5) is 0 Å². The minimum absolute atomic E-state index is 0.118. The Labute approximate surface area is 133 Å². The molecule has 1 amide bonds. The predicted octanol–water partition coefficient (Wildman–Crippen LogP) is 1.08. The predicted molar refractivity (Wildman–Crippen MR) is 83.6 cm³/mol. The van der Waals surface area contributed by atoms with Gasteiger partial charge in [-0.05, 0) is 6.07 Å². The SMILES string of the molecule is O=C(Cc1csc(-c2ccoc2)n1)N1CCN(CCO)CC1. The highest BCUT2D eigenvalue weighted by molar-refractivity contribution is 7.13. The lowest BCUT2D eigenvalue weighted by atomic mass is 10.2. The molecular weight excluding hydrogens is 302 g/mol. The summed E-state index contributed by atoms with van der Waals surface area (Å²) in [7, 11) is 0. The molecule has 3 rings (SSSR count). The molecule has 1 aliphatic heterocycles. The molecular formula is C15H19N3O3S. The highest BCUT2D eigenvalue weighted by Gasteiger charge is 2.21. The summed E-state index contributed by atoms with van der Waals surface area (Å²) >= 11 is 1.53. The molecule has 0 atom stereocenters. The first-order valence-corrected chi connectivity index (χ1v) is 8.22. The largest absolute Gasteiger partial charge is 0.472 e. The summed E-state index contributed by atoms with van der Waals surface area (Å²) in [6.07, 6.45) is 3.62. The van der Waals surface area contributed by atoms with Gasteiger partial charge in [0.15, 0.2) is 0 Å². The van der Waals surface area contributed by atoms with Crippen LogP contribution < -0.4 is 0 Å². The number of carbonyl (C=O) groups is 1. The number of hydrogen-bond donors (Lipinski definition) is 1. The van der Waals surface area contributed by atoms with Crippen LogP contribution in [0.1, 0.15) is 5.69 Å². The fourth-order valence-electron chi connectivity index (χ4n) is 2.54. The summed E-state index contributed by atoms with van der Waals surface area (Å²) in [4.78, 5) is 20.9. The number of hydrogen-bond acceptors (Lipinski definition) is 6. The summed E-state index contributed by atoms with van der Waals surface area (Å²) < 4.78 is 5.05. The molecule has 1 saturated heterocycles. The molecule has 22 heavy (non-hydrogen) atoms. The smallest absolute Gasteiger partial charge is 0.228 e. The molecule has 118 valence electrons. The highest BCUT2D eigenvalue weighted by atomic mass is 32.1. The fraction of sp³-hybridized carbons (Fsp3) is 0.467. The van der Waals surface area contributed by atoms with E-state index in [4.69, 9.17) is 9.52 Å². The van der Waals surface area contributed by atoms with Crippen LogP contribution in [0.2, 0.25) is 0 Å². The van der Waals surface area contributed by atoms with Gasteiger partial charge in [0, 0.05) is 43.7 Å². The molecule has 0 bridgehead atoms. The third-order valence-corrected chi connectivity index (χ3v) is 4.73. The number of rotatable bonds is 5. The first-order valence-electron chi connectivity index (χ1n) is 7.34. The quantitative estimate of drug-likeness (QED) is 0.892. The van der Waals surface area contributed by atoms with Gasteiger partial charge in [-0.1, -0.05) is 0 Å². The van der Waals surface area contributed by atoms with Crippen molar-refractivity contribution in [3.05, 3.63) is 29.7 Å². The molecule has 0 saturated carbocycles. The first-order chi connectivity index (χ1) is 10.8. The van der Waals surface area contributed by atoms with Crippen molar-refractivity contribution in [1.29, 1.82) is 0 Å². The van der Waals surface area contributed by atoms with Crippen molar-refractivity contribution in [2.45, 2.75) is 6.42 Å². The van der Waals surface area contributed by atoms with E-state index in [9.17, 15) is 4.79 Å². The van der Waals surface area contributed by atoms with Gasteiger partial charge in [-0.25, -0.2) is 4.98 Å². The number of amides is 1. The van der Waals surface area contributed by atoms with Crippen LogP contribution in [0, 0.1) is 0 Å². The Balaban J connectivity index is 1.54. The fourth-order valence-corrected chi connectivity index (χ4v) is 3.34. The van der Waals surface area contributed by atoms with E-state index in [1.807, 2.05) is 16.3 Å². The van der Waals surface area contributed by atoms with Crippen molar-refractivity contribution in [2.24, 2.45) is 0 Å². The number of β-amino-alcohol motifs (C(OH)–C–C–N with tert-alkyl or cyclic N) is 1. The average molecular weight is 321 g/mol. The zero-order chi connectivity index (χ0) is 15.4. The molecule has 2 aromatic heterocycles. The Bertz CT molecular complexity index is 603. The molecule has 0 aromatic carbocycles. The number of aromatic nitrogens is 1. The molecule has 0 radical (unpaired) electrons. The monoisotopic (exact) mass is 321 g/mol. The minimum atomic E-state index is 0.118. The number of aliphatic hydroxyl groups is 1. The van der Waals surface area contributed by atoms with Crippen molar-refractivity contribution in [2.75, 3.05) is 39.3 Å². The van der Waals surface area contributed by atoms with Crippen LogP contribution >= 0.6 is 11.3 Å². The maximum Gasteiger partial charge on any atom is 0.228 e. The van der Waals surface area contributed by atoms with E-state index in [1.165, 1.54) is 11.3 Å². The third-order valence-electron chi connectivity index (χ3n) is 3.79. The van der Waals surface area contributed by atoms with Crippen molar-refractivity contribution in [3.8, 4) is 10.6 Å². The van der Waals surface area contributed by atoms with E-state index in [-0.39, 0.29) is 12.5 Å². The second kappa shape index (κ2) is 7.04. The average Bonchev–Trinajstić information content (AvgIpc) is 3.19. The molecule has 1 fully saturated rings. The van der Waals surface area contributed by atoms with Crippen LogP contribution in [-0.2, 0) is 11.2 Å². The second-order valence-corrected chi connectivity index (χ2v) is 6.14. The standard InChI is InChI=1S/C15H19N3O3S/c19-7-6-17-2-4-18(5-3-17)14(20)9-13-11-22-15(16-13)12-1-8-21-10-12/h1,8,10-11,19H,2-7,9H2. The molecule has 6 nitrogen and oxygen atoms in total. The van der Waals surface area contributed by atoms with Gasteiger partial charge >= 0.3 is 0 Å². The van der Waals surface area contributed by atoms with Gasteiger partial charge in [-0.2, -0.15) is 0 Å². The van der Waals surface area contributed by atoms with Crippen molar-refractivity contribution in [1.82, 2.24) is 14.8 Å². The lowest BCUT2D eigenvalue weighted by Gasteiger charge is -2.34. The van der Waals surface area contributed by atoms with Crippen LogP contribution in [0.15, 0.2) is 28.4 Å². The molecule has 2 aromatic rings. The maximum absolute atomic E-state index is 12.3. The lowest BCUT2D eigenvalue weighted by molar-refractivity contribution is -0.132. The Morgan fingerprint density at radius 3 is 2.86 bits per heavy atom. The molecule has 1 aliphatic rings. The van der Waals surface area contributed by atoms with E-state index in [0.717, 1.165) is 42.4 Å². The van der Waals surface area contributed by atoms with Gasteiger partial charge in [0.1, 0.15) is 11.3 Å². The number of furan rings is 1. The van der Waals surface area contributed by atoms with E-state index in [0.29, 0.717) is 13.0 Å². The molecule has 0 aliphatic carbocycles. The molecule has 0 unspecified atom stereocenters. The van der Waals surface area contributed by atoms with Crippen molar-refractivity contribution >= 4 is 17.2 Å². The zero-order valence-electron chi connectivity index (χ0n) is 12.3. The molecule has 0 spiro atoms. The van der Waals surface area contributed by atoms with Crippen molar-refractivity contribution < 1.29 is 14.3 Å². The van der Waals surface area contributed by atoms with Crippen LogP contribution in [0.25, 0.3) is 10.6 Å².